The summed E-state index contributed by atoms with van der Waals surface area (Å²) in [4.78, 5) is 23.1. The topological polar surface area (TPSA) is 79.5 Å². The van der Waals surface area contributed by atoms with E-state index in [2.05, 4.69) is 16.0 Å². The molecule has 6 heteroatoms. The molecule has 2 amide bonds. The normalized spacial score (nSPS) is 14.5. The molecule has 2 rings (SSSR count). The van der Waals surface area contributed by atoms with Crippen LogP contribution in [0.2, 0.25) is 0 Å². The van der Waals surface area contributed by atoms with Gasteiger partial charge in [0.1, 0.15) is 0 Å². The maximum atomic E-state index is 11.8. The van der Waals surface area contributed by atoms with Crippen LogP contribution in [0.4, 0.5) is 5.69 Å². The maximum Gasteiger partial charge on any atom is 0.234 e. The Morgan fingerprint density at radius 2 is 2.29 bits per heavy atom. The first kappa shape index (κ1) is 15.5. The van der Waals surface area contributed by atoms with Gasteiger partial charge in [-0.2, -0.15) is 0 Å². The first-order valence-corrected chi connectivity index (χ1v) is 7.02. The van der Waals surface area contributed by atoms with Crippen LogP contribution in [0, 0.1) is 0 Å². The fourth-order valence-corrected chi connectivity index (χ4v) is 2.27. The minimum Gasteiger partial charge on any atom is -0.383 e. The van der Waals surface area contributed by atoms with Crippen LogP contribution in [0.15, 0.2) is 18.2 Å². The fraction of sp³-hybridized carbons (Fsp3) is 0.467. The Hall–Kier alpha value is -1.92. The molecule has 0 saturated carbocycles. The molecule has 0 aromatic heterocycles. The van der Waals surface area contributed by atoms with Crippen molar-refractivity contribution in [3.8, 4) is 0 Å². The SMILES string of the molecule is COCCNCC(=O)NC(C)c1ccc2c(c1)CC(=O)N2. The van der Waals surface area contributed by atoms with E-state index < -0.39 is 0 Å². The standard InChI is InChI=1S/C15H21N3O3/c1-10(17-15(20)9-16-5-6-21-2)11-3-4-13-12(7-11)8-14(19)18-13/h3-4,7,10,16H,5-6,8-9H2,1-2H3,(H,17,20)(H,18,19). The number of nitrogens with one attached hydrogen (secondary N) is 3. The van der Waals surface area contributed by atoms with E-state index in [1.807, 2.05) is 25.1 Å². The number of methoxy groups -OCH3 is 1. The summed E-state index contributed by atoms with van der Waals surface area (Å²) in [7, 11) is 1.62. The molecule has 0 fully saturated rings. The van der Waals surface area contributed by atoms with Crippen LogP contribution >= 0.6 is 0 Å². The second-order valence-corrected chi connectivity index (χ2v) is 5.10. The van der Waals surface area contributed by atoms with Crippen LogP contribution in [-0.4, -0.2) is 38.6 Å². The minimum atomic E-state index is -0.0947. The summed E-state index contributed by atoms with van der Waals surface area (Å²) < 4.78 is 4.90. The molecule has 1 aromatic rings. The molecular formula is C15H21N3O3. The number of fused-ring (bicyclic) bond motifs is 1. The largest absolute Gasteiger partial charge is 0.383 e. The molecule has 3 N–H and O–H groups in total. The van der Waals surface area contributed by atoms with Gasteiger partial charge < -0.3 is 20.7 Å². The van der Waals surface area contributed by atoms with Gasteiger partial charge in [0.2, 0.25) is 11.8 Å². The Kier molecular flexibility index (Phi) is 5.30. The number of hydrogen-bond donors (Lipinski definition) is 3. The van der Waals surface area contributed by atoms with E-state index in [1.54, 1.807) is 7.11 Å². The third-order valence-corrected chi connectivity index (χ3v) is 3.40. The lowest BCUT2D eigenvalue weighted by atomic mass is 10.0. The van der Waals surface area contributed by atoms with Gasteiger partial charge in [-0.1, -0.05) is 12.1 Å². The Bertz CT molecular complexity index is 531. The number of anilines is 1. The van der Waals surface area contributed by atoms with Gasteiger partial charge in [-0.05, 0) is 24.1 Å². The smallest absolute Gasteiger partial charge is 0.234 e. The summed E-state index contributed by atoms with van der Waals surface area (Å²) in [6.07, 6.45) is 0.405. The molecule has 1 atom stereocenters. The number of rotatable bonds is 7. The molecule has 21 heavy (non-hydrogen) atoms. The Morgan fingerprint density at radius 1 is 1.48 bits per heavy atom. The molecule has 0 aliphatic carbocycles. The third-order valence-electron chi connectivity index (χ3n) is 3.40. The van der Waals surface area contributed by atoms with Gasteiger partial charge in [0.05, 0.1) is 25.6 Å². The van der Waals surface area contributed by atoms with E-state index >= 15 is 0 Å². The summed E-state index contributed by atoms with van der Waals surface area (Å²) in [6.45, 7) is 3.41. The van der Waals surface area contributed by atoms with Crippen molar-refractivity contribution in [2.75, 3.05) is 32.1 Å². The highest BCUT2D eigenvalue weighted by Gasteiger charge is 2.19. The number of carbonyl (C=O) groups is 2. The molecule has 0 spiro atoms. The van der Waals surface area contributed by atoms with Crippen molar-refractivity contribution >= 4 is 17.5 Å². The van der Waals surface area contributed by atoms with Crippen molar-refractivity contribution in [1.82, 2.24) is 10.6 Å². The predicted molar refractivity (Wildman–Crippen MR) is 80.1 cm³/mol. The van der Waals surface area contributed by atoms with Gasteiger partial charge in [0, 0.05) is 19.3 Å². The lowest BCUT2D eigenvalue weighted by molar-refractivity contribution is -0.121. The Balaban J connectivity index is 1.86. The molecule has 114 valence electrons. The molecule has 0 bridgehead atoms. The fourth-order valence-electron chi connectivity index (χ4n) is 2.27. The first-order valence-electron chi connectivity index (χ1n) is 7.02. The van der Waals surface area contributed by atoms with Gasteiger partial charge in [0.25, 0.3) is 0 Å². The second kappa shape index (κ2) is 7.19. The first-order chi connectivity index (χ1) is 10.1. The number of hydrogen-bond acceptors (Lipinski definition) is 4. The summed E-state index contributed by atoms with van der Waals surface area (Å²) in [5, 5.41) is 8.72. The van der Waals surface area contributed by atoms with Crippen molar-refractivity contribution < 1.29 is 14.3 Å². The molecule has 6 nitrogen and oxygen atoms in total. The average Bonchev–Trinajstić information content (AvgIpc) is 2.82. The maximum absolute atomic E-state index is 11.8. The molecule has 1 aromatic carbocycles. The Morgan fingerprint density at radius 3 is 3.05 bits per heavy atom. The van der Waals surface area contributed by atoms with Crippen LogP contribution in [0.5, 0.6) is 0 Å². The predicted octanol–water partition coefficient (Wildman–Crippen LogP) is 0.594. The van der Waals surface area contributed by atoms with Crippen LogP contribution in [-0.2, 0) is 20.7 Å². The summed E-state index contributed by atoms with van der Waals surface area (Å²) in [5.41, 5.74) is 2.84. The number of amides is 2. The molecule has 1 aliphatic rings. The van der Waals surface area contributed by atoms with Gasteiger partial charge in [-0.15, -0.1) is 0 Å². The lowest BCUT2D eigenvalue weighted by Crippen LogP contribution is -2.36. The minimum absolute atomic E-state index is 0.0150. The molecular weight excluding hydrogens is 270 g/mol. The molecule has 0 radical (unpaired) electrons. The number of carbonyl (C=O) groups excluding carboxylic acids is 2. The van der Waals surface area contributed by atoms with Crippen LogP contribution < -0.4 is 16.0 Å². The number of ether oxygens (including phenoxy) is 1. The van der Waals surface area contributed by atoms with E-state index in [-0.39, 0.29) is 24.4 Å². The highest BCUT2D eigenvalue weighted by molar-refractivity contribution is 5.99. The van der Waals surface area contributed by atoms with Crippen LogP contribution in [0.25, 0.3) is 0 Å². The summed E-state index contributed by atoms with van der Waals surface area (Å²) in [6, 6.07) is 5.68. The highest BCUT2D eigenvalue weighted by Crippen LogP contribution is 2.26. The zero-order valence-corrected chi connectivity index (χ0v) is 12.4. The zero-order chi connectivity index (χ0) is 15.2. The third kappa shape index (κ3) is 4.27. The van der Waals surface area contributed by atoms with Crippen molar-refractivity contribution in [3.05, 3.63) is 29.3 Å². The highest BCUT2D eigenvalue weighted by atomic mass is 16.5. The van der Waals surface area contributed by atoms with E-state index in [1.165, 1.54) is 0 Å². The van der Waals surface area contributed by atoms with Crippen LogP contribution in [0.3, 0.4) is 0 Å². The van der Waals surface area contributed by atoms with Gasteiger partial charge >= 0.3 is 0 Å². The van der Waals surface area contributed by atoms with Gasteiger partial charge in [0.15, 0.2) is 0 Å². The van der Waals surface area contributed by atoms with E-state index in [0.29, 0.717) is 19.6 Å². The van der Waals surface area contributed by atoms with Crippen molar-refractivity contribution in [1.29, 1.82) is 0 Å². The van der Waals surface area contributed by atoms with Crippen molar-refractivity contribution in [2.45, 2.75) is 19.4 Å². The monoisotopic (exact) mass is 291 g/mol. The summed E-state index contributed by atoms with van der Waals surface area (Å²) >= 11 is 0. The van der Waals surface area contributed by atoms with E-state index in [0.717, 1.165) is 16.8 Å². The molecule has 0 saturated heterocycles. The van der Waals surface area contributed by atoms with Crippen LogP contribution in [0.1, 0.15) is 24.1 Å². The quantitative estimate of drug-likeness (QED) is 0.643. The van der Waals surface area contributed by atoms with Crippen molar-refractivity contribution in [2.24, 2.45) is 0 Å². The molecule has 1 aliphatic heterocycles. The van der Waals surface area contributed by atoms with E-state index in [4.69, 9.17) is 4.74 Å². The average molecular weight is 291 g/mol. The Labute approximate surface area is 124 Å². The summed E-state index contributed by atoms with van der Waals surface area (Å²) in [5.74, 6) is -0.0468. The lowest BCUT2D eigenvalue weighted by Gasteiger charge is -2.15. The van der Waals surface area contributed by atoms with Gasteiger partial charge in [-0.3, -0.25) is 9.59 Å². The zero-order valence-electron chi connectivity index (χ0n) is 12.4. The van der Waals surface area contributed by atoms with E-state index in [9.17, 15) is 9.59 Å². The second-order valence-electron chi connectivity index (χ2n) is 5.10. The molecule has 1 heterocycles. The van der Waals surface area contributed by atoms with Gasteiger partial charge in [-0.25, -0.2) is 0 Å². The number of benzene rings is 1. The molecule has 1 unspecified atom stereocenters. The van der Waals surface area contributed by atoms with Crippen molar-refractivity contribution in [3.63, 3.8) is 0 Å².